The molecule has 0 spiro atoms. The standard InChI is InChI=1S/C20H39NO/c1-3-4-5-6-7-8-9-10-11-12-13-14-15-16-17-18-19-21-20(2)22/h18-19H,3-17H2,1-2H3,(H,21,22). The summed E-state index contributed by atoms with van der Waals surface area (Å²) in [5.74, 6) is 0.0113. The number of rotatable bonds is 16. The molecule has 2 nitrogen and oxygen atoms in total. The van der Waals surface area contributed by atoms with Gasteiger partial charge in [0, 0.05) is 6.92 Å². The average molecular weight is 310 g/mol. The number of allylic oxidation sites excluding steroid dienone is 1. The third kappa shape index (κ3) is 19.2. The minimum absolute atomic E-state index is 0.0113. The van der Waals surface area contributed by atoms with Crippen LogP contribution in [-0.2, 0) is 4.79 Å². The van der Waals surface area contributed by atoms with Crippen molar-refractivity contribution in [3.8, 4) is 0 Å². The molecule has 2 heteroatoms. The molecule has 0 rings (SSSR count). The maximum atomic E-state index is 10.6. The van der Waals surface area contributed by atoms with Gasteiger partial charge in [-0.15, -0.1) is 0 Å². The maximum absolute atomic E-state index is 10.6. The summed E-state index contributed by atoms with van der Waals surface area (Å²) in [7, 11) is 0. The summed E-state index contributed by atoms with van der Waals surface area (Å²) in [5, 5.41) is 2.68. The van der Waals surface area contributed by atoms with E-state index in [1.54, 1.807) is 6.20 Å². The number of hydrogen-bond donors (Lipinski definition) is 1. The van der Waals surface area contributed by atoms with Crippen molar-refractivity contribution < 1.29 is 4.79 Å². The first-order valence-electron chi connectivity index (χ1n) is 9.69. The molecule has 0 aromatic rings. The number of amides is 1. The van der Waals surface area contributed by atoms with E-state index in [-0.39, 0.29) is 5.91 Å². The van der Waals surface area contributed by atoms with Crippen molar-refractivity contribution in [2.24, 2.45) is 0 Å². The Morgan fingerprint density at radius 1 is 0.727 bits per heavy atom. The van der Waals surface area contributed by atoms with E-state index in [0.29, 0.717) is 0 Å². The van der Waals surface area contributed by atoms with Crippen molar-refractivity contribution in [2.75, 3.05) is 0 Å². The second-order valence-corrected chi connectivity index (χ2v) is 6.49. The van der Waals surface area contributed by atoms with Gasteiger partial charge in [-0.1, -0.05) is 96.5 Å². The molecule has 0 aliphatic carbocycles. The molecule has 0 aromatic carbocycles. The number of hydrogen-bond acceptors (Lipinski definition) is 1. The molecule has 0 saturated carbocycles. The van der Waals surface area contributed by atoms with E-state index in [2.05, 4.69) is 18.3 Å². The van der Waals surface area contributed by atoms with Crippen molar-refractivity contribution in [1.29, 1.82) is 0 Å². The van der Waals surface area contributed by atoms with Gasteiger partial charge in [-0.25, -0.2) is 0 Å². The predicted octanol–water partition coefficient (Wildman–Crippen LogP) is 6.51. The first-order valence-corrected chi connectivity index (χ1v) is 9.69. The fourth-order valence-corrected chi connectivity index (χ4v) is 2.72. The molecule has 0 fully saturated rings. The van der Waals surface area contributed by atoms with Crippen LogP contribution in [0.3, 0.4) is 0 Å². The monoisotopic (exact) mass is 309 g/mol. The summed E-state index contributed by atoms with van der Waals surface area (Å²) in [4.78, 5) is 10.6. The van der Waals surface area contributed by atoms with Crippen LogP contribution < -0.4 is 5.32 Å². The van der Waals surface area contributed by atoms with Gasteiger partial charge in [0.05, 0.1) is 0 Å². The van der Waals surface area contributed by atoms with E-state index in [4.69, 9.17) is 0 Å². The topological polar surface area (TPSA) is 29.1 Å². The fraction of sp³-hybridized carbons (Fsp3) is 0.850. The van der Waals surface area contributed by atoms with Crippen molar-refractivity contribution in [2.45, 2.75) is 110 Å². The Morgan fingerprint density at radius 3 is 1.55 bits per heavy atom. The molecule has 1 amide bonds. The molecule has 0 aromatic heterocycles. The van der Waals surface area contributed by atoms with Gasteiger partial charge in [-0.05, 0) is 19.0 Å². The van der Waals surface area contributed by atoms with Crippen molar-refractivity contribution in [3.05, 3.63) is 12.3 Å². The zero-order valence-electron chi connectivity index (χ0n) is 15.2. The smallest absolute Gasteiger partial charge is 0.220 e. The summed E-state index contributed by atoms with van der Waals surface area (Å²) < 4.78 is 0. The minimum atomic E-state index is 0.0113. The summed E-state index contributed by atoms with van der Waals surface area (Å²) in [6, 6.07) is 0. The maximum Gasteiger partial charge on any atom is 0.220 e. The Labute approximate surface area is 139 Å². The normalized spacial score (nSPS) is 11.2. The zero-order valence-corrected chi connectivity index (χ0v) is 15.2. The Kier molecular flexibility index (Phi) is 17.6. The van der Waals surface area contributed by atoms with Gasteiger partial charge >= 0.3 is 0 Å². The highest BCUT2D eigenvalue weighted by molar-refractivity contribution is 5.73. The van der Waals surface area contributed by atoms with E-state index >= 15 is 0 Å². The summed E-state index contributed by atoms with van der Waals surface area (Å²) >= 11 is 0. The van der Waals surface area contributed by atoms with Crippen LogP contribution in [0, 0.1) is 0 Å². The van der Waals surface area contributed by atoms with Crippen LogP contribution in [0.5, 0.6) is 0 Å². The lowest BCUT2D eigenvalue weighted by atomic mass is 10.0. The van der Waals surface area contributed by atoms with Crippen molar-refractivity contribution >= 4 is 5.91 Å². The third-order valence-corrected chi connectivity index (χ3v) is 4.13. The molecular weight excluding hydrogens is 270 g/mol. The van der Waals surface area contributed by atoms with Gasteiger partial charge < -0.3 is 5.32 Å². The van der Waals surface area contributed by atoms with Gasteiger partial charge in [0.25, 0.3) is 0 Å². The van der Waals surface area contributed by atoms with Gasteiger partial charge in [-0.2, -0.15) is 0 Å². The Balaban J connectivity index is 3.02. The highest BCUT2D eigenvalue weighted by atomic mass is 16.1. The van der Waals surface area contributed by atoms with E-state index in [1.807, 2.05) is 0 Å². The Bertz CT molecular complexity index is 260. The summed E-state index contributed by atoms with van der Waals surface area (Å²) in [5.41, 5.74) is 0. The van der Waals surface area contributed by atoms with Gasteiger partial charge in [0.1, 0.15) is 0 Å². The lowest BCUT2D eigenvalue weighted by Crippen LogP contribution is -2.11. The number of carbonyl (C=O) groups excluding carboxylic acids is 1. The summed E-state index contributed by atoms with van der Waals surface area (Å²) in [6.45, 7) is 3.82. The molecule has 1 N–H and O–H groups in total. The van der Waals surface area contributed by atoms with Crippen LogP contribution in [0.2, 0.25) is 0 Å². The highest BCUT2D eigenvalue weighted by Crippen LogP contribution is 2.13. The van der Waals surface area contributed by atoms with Crippen LogP contribution in [0.4, 0.5) is 0 Å². The fourth-order valence-electron chi connectivity index (χ4n) is 2.72. The largest absolute Gasteiger partial charge is 0.333 e. The molecular formula is C20H39NO. The van der Waals surface area contributed by atoms with E-state index in [9.17, 15) is 4.79 Å². The predicted molar refractivity (Wildman–Crippen MR) is 97.9 cm³/mol. The van der Waals surface area contributed by atoms with Crippen LogP contribution in [0.25, 0.3) is 0 Å². The van der Waals surface area contributed by atoms with Crippen molar-refractivity contribution in [1.82, 2.24) is 5.32 Å². The quantitative estimate of drug-likeness (QED) is 0.324. The van der Waals surface area contributed by atoms with Crippen LogP contribution in [0.1, 0.15) is 110 Å². The first-order chi connectivity index (χ1) is 10.8. The number of nitrogens with one attached hydrogen (secondary N) is 1. The molecule has 0 unspecified atom stereocenters. The SMILES string of the molecule is CCCCCCCCCCCCCCCCC=CNC(C)=O. The Morgan fingerprint density at radius 2 is 1.14 bits per heavy atom. The molecule has 22 heavy (non-hydrogen) atoms. The first kappa shape index (κ1) is 21.2. The Hall–Kier alpha value is -0.790. The molecule has 0 atom stereocenters. The molecule has 0 saturated heterocycles. The van der Waals surface area contributed by atoms with Gasteiger partial charge in [0.2, 0.25) is 5.91 Å². The minimum Gasteiger partial charge on any atom is -0.333 e. The average Bonchev–Trinajstić information content (AvgIpc) is 2.50. The molecule has 0 aliphatic heterocycles. The zero-order chi connectivity index (χ0) is 16.3. The van der Waals surface area contributed by atoms with Gasteiger partial charge in [-0.3, -0.25) is 4.79 Å². The molecule has 0 radical (unpaired) electrons. The van der Waals surface area contributed by atoms with Crippen LogP contribution in [0.15, 0.2) is 12.3 Å². The van der Waals surface area contributed by atoms with Gasteiger partial charge in [0.15, 0.2) is 0 Å². The van der Waals surface area contributed by atoms with Crippen molar-refractivity contribution in [3.63, 3.8) is 0 Å². The van der Waals surface area contributed by atoms with E-state index < -0.39 is 0 Å². The van der Waals surface area contributed by atoms with Crippen LogP contribution in [-0.4, -0.2) is 5.91 Å². The lowest BCUT2D eigenvalue weighted by molar-refractivity contribution is -0.118. The molecule has 130 valence electrons. The number of carbonyl (C=O) groups is 1. The lowest BCUT2D eigenvalue weighted by Gasteiger charge is -2.02. The highest BCUT2D eigenvalue weighted by Gasteiger charge is 1.93. The third-order valence-electron chi connectivity index (χ3n) is 4.13. The number of unbranched alkanes of at least 4 members (excludes halogenated alkanes) is 14. The second kappa shape index (κ2) is 18.3. The molecule has 0 heterocycles. The molecule has 0 bridgehead atoms. The van der Waals surface area contributed by atoms with E-state index in [0.717, 1.165) is 6.42 Å². The molecule has 0 aliphatic rings. The second-order valence-electron chi connectivity index (χ2n) is 6.49. The van der Waals surface area contributed by atoms with E-state index in [1.165, 1.54) is 96.8 Å². The summed E-state index contributed by atoms with van der Waals surface area (Å²) in [6.07, 6.45) is 24.5. The van der Waals surface area contributed by atoms with Crippen LogP contribution >= 0.6 is 0 Å².